The van der Waals surface area contributed by atoms with Crippen LogP contribution in [0.25, 0.3) is 6.08 Å². The van der Waals surface area contributed by atoms with E-state index in [9.17, 15) is 19.5 Å². The Morgan fingerprint density at radius 3 is 2.56 bits per heavy atom. The number of rotatable bonds is 6. The second-order valence-electron chi connectivity index (χ2n) is 10.5. The van der Waals surface area contributed by atoms with Crippen LogP contribution in [0.1, 0.15) is 37.8 Å². The molecule has 0 unspecified atom stereocenters. The van der Waals surface area contributed by atoms with Crippen LogP contribution in [-0.2, 0) is 20.8 Å². The van der Waals surface area contributed by atoms with Crippen LogP contribution in [0, 0.1) is 5.92 Å². The lowest BCUT2D eigenvalue weighted by Crippen LogP contribution is -2.59. The van der Waals surface area contributed by atoms with Gasteiger partial charge in [-0.25, -0.2) is 0 Å². The number of fused-ring (bicyclic) bond motifs is 7. The van der Waals surface area contributed by atoms with Crippen molar-refractivity contribution in [1.82, 2.24) is 20.4 Å². The van der Waals surface area contributed by atoms with Gasteiger partial charge >= 0.3 is 0 Å². The van der Waals surface area contributed by atoms with Gasteiger partial charge < -0.3 is 25.4 Å². The highest BCUT2D eigenvalue weighted by atomic mass is 16.5. The van der Waals surface area contributed by atoms with Gasteiger partial charge in [-0.3, -0.25) is 19.3 Å². The van der Waals surface area contributed by atoms with E-state index in [1.54, 1.807) is 23.1 Å². The number of hydrogen-bond donors (Lipinski definition) is 3. The van der Waals surface area contributed by atoms with Crippen LogP contribution in [0.2, 0.25) is 0 Å². The number of carbonyl (C=O) groups is 3. The van der Waals surface area contributed by atoms with E-state index in [1.807, 2.05) is 63.2 Å². The number of amides is 3. The molecule has 3 heterocycles. The molecule has 2 aromatic rings. The molecule has 208 valence electrons. The minimum absolute atomic E-state index is 0.0176. The van der Waals surface area contributed by atoms with Crippen LogP contribution >= 0.6 is 0 Å². The zero-order valence-corrected chi connectivity index (χ0v) is 23.0. The summed E-state index contributed by atoms with van der Waals surface area (Å²) in [6.45, 7) is 4.17. The molecule has 2 bridgehead atoms. The lowest BCUT2D eigenvalue weighted by Gasteiger charge is -2.34. The summed E-state index contributed by atoms with van der Waals surface area (Å²) in [5.41, 5.74) is 1.53. The topological polar surface area (TPSA) is 111 Å². The Kier molecular flexibility index (Phi) is 8.91. The first-order chi connectivity index (χ1) is 18.7. The quantitative estimate of drug-likeness (QED) is 0.525. The summed E-state index contributed by atoms with van der Waals surface area (Å²) in [6.07, 6.45) is 3.96. The third-order valence-electron chi connectivity index (χ3n) is 7.65. The number of likely N-dealkylation sites (tertiary alicyclic amines) is 1. The maximum Gasteiger partial charge on any atom is 0.247 e. The molecular formula is C30H38N4O5. The average Bonchev–Trinajstić information content (AvgIpc) is 3.34. The van der Waals surface area contributed by atoms with E-state index in [0.717, 1.165) is 5.56 Å². The Morgan fingerprint density at radius 2 is 1.90 bits per heavy atom. The summed E-state index contributed by atoms with van der Waals surface area (Å²) in [5, 5.41) is 16.2. The van der Waals surface area contributed by atoms with Gasteiger partial charge in [0.05, 0.1) is 6.04 Å². The summed E-state index contributed by atoms with van der Waals surface area (Å²) in [4.78, 5) is 44.4. The molecule has 0 aromatic heterocycles. The van der Waals surface area contributed by atoms with Gasteiger partial charge in [0.2, 0.25) is 17.7 Å². The molecule has 0 spiro atoms. The number of phenols is 1. The molecule has 0 radical (unpaired) electrons. The Morgan fingerprint density at radius 1 is 1.15 bits per heavy atom. The molecule has 0 saturated carbocycles. The molecule has 3 aliphatic heterocycles. The van der Waals surface area contributed by atoms with Gasteiger partial charge in [0.25, 0.3) is 0 Å². The van der Waals surface area contributed by atoms with E-state index in [0.29, 0.717) is 37.1 Å². The fourth-order valence-corrected chi connectivity index (χ4v) is 5.12. The number of nitrogens with zero attached hydrogens (tertiary/aromatic N) is 2. The van der Waals surface area contributed by atoms with Crippen molar-refractivity contribution < 1.29 is 24.2 Å². The lowest BCUT2D eigenvalue weighted by atomic mass is 9.97. The third kappa shape index (κ3) is 6.42. The van der Waals surface area contributed by atoms with E-state index < -0.39 is 30.1 Å². The minimum Gasteiger partial charge on any atom is -0.507 e. The van der Waals surface area contributed by atoms with Gasteiger partial charge in [-0.15, -0.1) is 0 Å². The fraction of sp³-hybridized carbons (Fsp3) is 0.433. The minimum atomic E-state index is -0.949. The van der Waals surface area contributed by atoms with Crippen LogP contribution in [0.15, 0.2) is 54.7 Å². The number of hydrogen-bond acceptors (Lipinski definition) is 6. The predicted molar refractivity (Wildman–Crippen MR) is 149 cm³/mol. The number of phenolic OH excluding ortho intramolecular Hbond substituents is 1. The van der Waals surface area contributed by atoms with Crippen LogP contribution in [-0.4, -0.2) is 77.5 Å². The van der Waals surface area contributed by atoms with E-state index >= 15 is 0 Å². The highest BCUT2D eigenvalue weighted by molar-refractivity contribution is 5.94. The molecule has 1 fully saturated rings. The first-order valence-electron chi connectivity index (χ1n) is 13.5. The highest BCUT2D eigenvalue weighted by Crippen LogP contribution is 2.30. The second-order valence-corrected chi connectivity index (χ2v) is 10.5. The molecule has 3 aliphatic rings. The first kappa shape index (κ1) is 28.2. The van der Waals surface area contributed by atoms with Crippen molar-refractivity contribution in [2.45, 2.75) is 57.3 Å². The van der Waals surface area contributed by atoms with Gasteiger partial charge in [0.1, 0.15) is 29.7 Å². The molecule has 9 nitrogen and oxygen atoms in total. The Hall–Kier alpha value is -3.85. The van der Waals surface area contributed by atoms with Crippen molar-refractivity contribution in [2.75, 3.05) is 20.6 Å². The van der Waals surface area contributed by atoms with Gasteiger partial charge in [-0.1, -0.05) is 50.6 Å². The summed E-state index contributed by atoms with van der Waals surface area (Å²) >= 11 is 0. The fourth-order valence-electron chi connectivity index (χ4n) is 5.12. The van der Waals surface area contributed by atoms with Crippen molar-refractivity contribution >= 4 is 23.8 Å². The van der Waals surface area contributed by atoms with Crippen molar-refractivity contribution in [2.24, 2.45) is 5.92 Å². The molecule has 5 atom stereocenters. The average molecular weight is 535 g/mol. The number of benzene rings is 2. The van der Waals surface area contributed by atoms with Crippen LogP contribution in [0.4, 0.5) is 0 Å². The highest BCUT2D eigenvalue weighted by Gasteiger charge is 2.46. The van der Waals surface area contributed by atoms with Crippen molar-refractivity contribution in [1.29, 1.82) is 0 Å². The first-order valence-corrected chi connectivity index (χ1v) is 13.5. The van der Waals surface area contributed by atoms with E-state index in [2.05, 4.69) is 10.6 Å². The summed E-state index contributed by atoms with van der Waals surface area (Å²) < 4.78 is 6.22. The maximum absolute atomic E-state index is 14.0. The SMILES string of the molecule is CC[C@H](C)[C@@H]1NC(=O)[C@@H]2[C@H](CCN2C(=O)[C@H](Cc2ccccc2)N(C)C)Oc2ccc(c(O)c2)/C=C\NC1=O. The number of carbonyl (C=O) groups excluding carboxylic acids is 3. The predicted octanol–water partition coefficient (Wildman–Crippen LogP) is 2.54. The number of ether oxygens (including phenoxy) is 1. The summed E-state index contributed by atoms with van der Waals surface area (Å²) in [7, 11) is 3.70. The van der Waals surface area contributed by atoms with Crippen molar-refractivity contribution in [3.63, 3.8) is 0 Å². The van der Waals surface area contributed by atoms with E-state index in [-0.39, 0.29) is 23.5 Å². The number of likely N-dealkylation sites (N-methyl/N-ethyl adjacent to an activating group) is 1. The normalized spacial score (nSPS) is 23.7. The largest absolute Gasteiger partial charge is 0.507 e. The van der Waals surface area contributed by atoms with Gasteiger partial charge in [0, 0.05) is 30.8 Å². The zero-order valence-electron chi connectivity index (χ0n) is 23.0. The zero-order chi connectivity index (χ0) is 28.1. The summed E-state index contributed by atoms with van der Waals surface area (Å²) in [6, 6.07) is 12.4. The molecule has 39 heavy (non-hydrogen) atoms. The Labute approximate surface area is 229 Å². The standard InChI is InChI=1S/C30H38N4O5/c1-5-19(2)26-28(36)31-15-13-21-11-12-22(18-24(21)35)39-25-14-16-34(27(25)29(37)32-26)30(38)23(33(3)4)17-20-9-7-6-8-10-20/h6-13,15,18-19,23,25-27,35H,5,14,16-17H2,1-4H3,(H,31,36)(H,32,37)/b15-13-/t19-,23-,25-,26-,27-/m0/s1. The second kappa shape index (κ2) is 12.3. The lowest BCUT2D eigenvalue weighted by molar-refractivity contribution is -0.144. The smallest absolute Gasteiger partial charge is 0.247 e. The van der Waals surface area contributed by atoms with Crippen LogP contribution < -0.4 is 15.4 Å². The number of aromatic hydroxyl groups is 1. The Balaban J connectivity index is 1.70. The van der Waals surface area contributed by atoms with Crippen molar-refractivity contribution in [3.8, 4) is 11.5 Å². The third-order valence-corrected chi connectivity index (χ3v) is 7.65. The van der Waals surface area contributed by atoms with E-state index in [4.69, 9.17) is 4.74 Å². The monoisotopic (exact) mass is 534 g/mol. The van der Waals surface area contributed by atoms with Crippen molar-refractivity contribution in [3.05, 3.63) is 65.9 Å². The maximum atomic E-state index is 14.0. The molecule has 1 saturated heterocycles. The molecule has 9 heteroatoms. The molecule has 3 N–H and O–H groups in total. The Bertz CT molecular complexity index is 1220. The molecule has 0 aliphatic carbocycles. The van der Waals surface area contributed by atoms with Gasteiger partial charge in [-0.2, -0.15) is 0 Å². The van der Waals surface area contributed by atoms with E-state index in [1.165, 1.54) is 12.3 Å². The molecule has 3 amide bonds. The van der Waals surface area contributed by atoms with Crippen LogP contribution in [0.5, 0.6) is 11.5 Å². The molecule has 5 rings (SSSR count). The van der Waals surface area contributed by atoms with Gasteiger partial charge in [0.15, 0.2) is 0 Å². The number of nitrogens with one attached hydrogen (secondary N) is 2. The summed E-state index contributed by atoms with van der Waals surface area (Å²) in [5.74, 6) is -0.761. The molecule has 2 aromatic carbocycles. The van der Waals surface area contributed by atoms with Crippen LogP contribution in [0.3, 0.4) is 0 Å². The van der Waals surface area contributed by atoms with Gasteiger partial charge in [-0.05, 0) is 50.2 Å². The molecular weight excluding hydrogens is 496 g/mol.